The fourth-order valence-corrected chi connectivity index (χ4v) is 3.51. The normalized spacial score (nSPS) is 14.1. The Morgan fingerprint density at radius 2 is 1.67 bits per heavy atom. The van der Waals surface area contributed by atoms with Gasteiger partial charge in [0, 0.05) is 23.7 Å². The van der Waals surface area contributed by atoms with Crippen LogP contribution in [0.1, 0.15) is 31.0 Å². The van der Waals surface area contributed by atoms with Crippen LogP contribution in [0.5, 0.6) is 0 Å². The topological polar surface area (TPSA) is 37.8 Å². The van der Waals surface area contributed by atoms with Crippen LogP contribution in [0.2, 0.25) is 0 Å². The lowest BCUT2D eigenvalue weighted by Crippen LogP contribution is -2.31. The molecule has 2 aromatic rings. The summed E-state index contributed by atoms with van der Waals surface area (Å²) in [5.41, 5.74) is 2.40. The first-order chi connectivity index (χ1) is 10.1. The zero-order chi connectivity index (χ0) is 15.2. The van der Waals surface area contributed by atoms with E-state index < -0.39 is 0 Å². The number of rotatable bonds is 6. The van der Waals surface area contributed by atoms with Crippen LogP contribution in [-0.4, -0.2) is 22.3 Å². The summed E-state index contributed by atoms with van der Waals surface area (Å²) in [4.78, 5) is 8.87. The van der Waals surface area contributed by atoms with Crippen molar-refractivity contribution in [3.05, 3.63) is 53.9 Å². The highest BCUT2D eigenvalue weighted by Gasteiger charge is 2.26. The van der Waals surface area contributed by atoms with E-state index in [1.165, 1.54) is 5.56 Å². The van der Waals surface area contributed by atoms with Crippen molar-refractivity contribution in [2.24, 2.45) is 5.92 Å². The van der Waals surface area contributed by atoms with Crippen molar-refractivity contribution < 1.29 is 0 Å². The van der Waals surface area contributed by atoms with Crippen molar-refractivity contribution in [2.75, 3.05) is 7.05 Å². The van der Waals surface area contributed by atoms with Gasteiger partial charge in [0.1, 0.15) is 0 Å². The van der Waals surface area contributed by atoms with Crippen molar-refractivity contribution >= 4 is 11.8 Å². The van der Waals surface area contributed by atoms with Crippen molar-refractivity contribution in [3.8, 4) is 0 Å². The van der Waals surface area contributed by atoms with Gasteiger partial charge in [-0.3, -0.25) is 0 Å². The van der Waals surface area contributed by atoms with Gasteiger partial charge in [0.2, 0.25) is 0 Å². The Balaban J connectivity index is 2.22. The third-order valence-corrected chi connectivity index (χ3v) is 4.96. The number of nitrogens with zero attached hydrogens (tertiary/aromatic N) is 2. The number of thioether (sulfide) groups is 1. The predicted octanol–water partition coefficient (Wildman–Crippen LogP) is 3.86. The van der Waals surface area contributed by atoms with Crippen LogP contribution in [0.15, 0.2) is 47.9 Å². The van der Waals surface area contributed by atoms with Gasteiger partial charge in [-0.05, 0) is 31.0 Å². The monoisotopic (exact) mass is 301 g/mol. The van der Waals surface area contributed by atoms with E-state index in [1.54, 1.807) is 11.8 Å². The summed E-state index contributed by atoms with van der Waals surface area (Å²) in [5, 5.41) is 4.67. The second-order valence-corrected chi connectivity index (χ2v) is 6.69. The molecule has 0 fully saturated rings. The molecule has 0 aliphatic heterocycles. The first kappa shape index (κ1) is 16.0. The molecule has 1 heterocycles. The zero-order valence-corrected chi connectivity index (χ0v) is 13.9. The van der Waals surface area contributed by atoms with Gasteiger partial charge in [0.25, 0.3) is 0 Å². The summed E-state index contributed by atoms with van der Waals surface area (Å²) in [6.07, 6.45) is 3.76. The summed E-state index contributed by atoms with van der Waals surface area (Å²) >= 11 is 1.75. The Bertz CT molecular complexity index is 540. The van der Waals surface area contributed by atoms with Crippen molar-refractivity contribution in [2.45, 2.75) is 37.2 Å². The van der Waals surface area contributed by atoms with E-state index in [4.69, 9.17) is 0 Å². The molecular weight excluding hydrogens is 278 g/mol. The Kier molecular flexibility index (Phi) is 5.76. The van der Waals surface area contributed by atoms with Crippen LogP contribution in [0.4, 0.5) is 0 Å². The van der Waals surface area contributed by atoms with Crippen LogP contribution in [0.25, 0.3) is 0 Å². The van der Waals surface area contributed by atoms with E-state index in [0.29, 0.717) is 11.2 Å². The molecule has 0 saturated carbocycles. The number of hydrogen-bond donors (Lipinski definition) is 1. The largest absolute Gasteiger partial charge is 0.312 e. The van der Waals surface area contributed by atoms with Crippen LogP contribution in [0, 0.1) is 12.8 Å². The van der Waals surface area contributed by atoms with Crippen molar-refractivity contribution in [1.29, 1.82) is 0 Å². The number of nitrogens with one attached hydrogen (secondary N) is 1. The molecule has 1 aromatic heterocycles. The summed E-state index contributed by atoms with van der Waals surface area (Å²) in [5.74, 6) is 0.512. The Morgan fingerprint density at radius 1 is 1.05 bits per heavy atom. The molecule has 0 bridgehead atoms. The van der Waals surface area contributed by atoms with E-state index in [2.05, 4.69) is 59.5 Å². The van der Waals surface area contributed by atoms with E-state index >= 15 is 0 Å². The van der Waals surface area contributed by atoms with Gasteiger partial charge in [-0.1, -0.05) is 55.9 Å². The minimum Gasteiger partial charge on any atom is -0.312 e. The molecule has 0 amide bonds. The second-order valence-electron chi connectivity index (χ2n) is 5.55. The molecular formula is C17H23N3S. The first-order valence-corrected chi connectivity index (χ1v) is 8.17. The minimum atomic E-state index is 0.279. The molecule has 1 N–H and O–H groups in total. The molecule has 2 unspecified atom stereocenters. The number of benzene rings is 1. The maximum atomic E-state index is 4.43. The Morgan fingerprint density at radius 3 is 2.19 bits per heavy atom. The van der Waals surface area contributed by atoms with E-state index in [0.717, 1.165) is 10.7 Å². The molecule has 4 heteroatoms. The minimum absolute atomic E-state index is 0.279. The molecule has 112 valence electrons. The van der Waals surface area contributed by atoms with Gasteiger partial charge in [0.05, 0.1) is 0 Å². The number of aromatic nitrogens is 2. The predicted molar refractivity (Wildman–Crippen MR) is 89.5 cm³/mol. The molecule has 0 aliphatic carbocycles. The van der Waals surface area contributed by atoms with Crippen LogP contribution < -0.4 is 5.32 Å². The lowest BCUT2D eigenvalue weighted by molar-refractivity contribution is 0.472. The number of hydrogen-bond acceptors (Lipinski definition) is 4. The van der Waals surface area contributed by atoms with E-state index in [-0.39, 0.29) is 6.04 Å². The average Bonchev–Trinajstić information content (AvgIpc) is 2.50. The highest BCUT2D eigenvalue weighted by atomic mass is 32.2. The maximum Gasteiger partial charge on any atom is 0.187 e. The smallest absolute Gasteiger partial charge is 0.187 e. The quantitative estimate of drug-likeness (QED) is 0.649. The maximum absolute atomic E-state index is 4.43. The summed E-state index contributed by atoms with van der Waals surface area (Å²) in [6.45, 7) is 6.51. The summed E-state index contributed by atoms with van der Waals surface area (Å²) in [6, 6.07) is 10.9. The highest BCUT2D eigenvalue weighted by Crippen LogP contribution is 2.35. The highest BCUT2D eigenvalue weighted by molar-refractivity contribution is 7.99. The third kappa shape index (κ3) is 4.29. The fraction of sp³-hybridized carbons (Fsp3) is 0.412. The van der Waals surface area contributed by atoms with Gasteiger partial charge >= 0.3 is 0 Å². The SMILES string of the molecule is CNC(c1ccccc1)C(Sc1ncc(C)cn1)C(C)C. The average molecular weight is 301 g/mol. The molecule has 0 saturated heterocycles. The van der Waals surface area contributed by atoms with Gasteiger partial charge in [-0.25, -0.2) is 9.97 Å². The Labute approximate surface area is 131 Å². The number of aryl methyl sites for hydroxylation is 1. The van der Waals surface area contributed by atoms with E-state index in [9.17, 15) is 0 Å². The van der Waals surface area contributed by atoms with Gasteiger partial charge in [-0.15, -0.1) is 0 Å². The first-order valence-electron chi connectivity index (χ1n) is 7.29. The molecule has 0 aliphatic rings. The van der Waals surface area contributed by atoms with Crippen LogP contribution in [-0.2, 0) is 0 Å². The molecule has 21 heavy (non-hydrogen) atoms. The standard InChI is InChI=1S/C17H23N3S/c1-12(2)16(21-17-19-10-13(3)11-20-17)15(18-4)14-8-6-5-7-9-14/h5-12,15-16,18H,1-4H3. The molecule has 0 spiro atoms. The molecule has 0 radical (unpaired) electrons. The van der Waals surface area contributed by atoms with Crippen molar-refractivity contribution in [1.82, 2.24) is 15.3 Å². The van der Waals surface area contributed by atoms with Gasteiger partial charge < -0.3 is 5.32 Å². The molecule has 3 nitrogen and oxygen atoms in total. The molecule has 2 atom stereocenters. The van der Waals surface area contributed by atoms with E-state index in [1.807, 2.05) is 26.4 Å². The third-order valence-electron chi connectivity index (χ3n) is 3.45. The van der Waals surface area contributed by atoms with Crippen LogP contribution >= 0.6 is 11.8 Å². The second kappa shape index (κ2) is 7.57. The lowest BCUT2D eigenvalue weighted by atomic mass is 9.96. The zero-order valence-electron chi connectivity index (χ0n) is 13.1. The lowest BCUT2D eigenvalue weighted by Gasteiger charge is -2.29. The van der Waals surface area contributed by atoms with Crippen molar-refractivity contribution in [3.63, 3.8) is 0 Å². The van der Waals surface area contributed by atoms with Crippen LogP contribution in [0.3, 0.4) is 0 Å². The van der Waals surface area contributed by atoms with Gasteiger partial charge in [0.15, 0.2) is 5.16 Å². The van der Waals surface area contributed by atoms with Gasteiger partial charge in [-0.2, -0.15) is 0 Å². The fourth-order valence-electron chi connectivity index (χ4n) is 2.33. The summed E-state index contributed by atoms with van der Waals surface area (Å²) in [7, 11) is 2.02. The summed E-state index contributed by atoms with van der Waals surface area (Å²) < 4.78 is 0. The Hall–Kier alpha value is -1.39. The molecule has 2 rings (SSSR count). The molecule has 1 aromatic carbocycles.